The van der Waals surface area contributed by atoms with Crippen molar-refractivity contribution < 1.29 is 8.42 Å². The van der Waals surface area contributed by atoms with Gasteiger partial charge in [-0.1, -0.05) is 18.2 Å². The molecule has 3 N–H and O–H groups in total. The minimum Gasteiger partial charge on any atom is -0.326 e. The zero-order valence-electron chi connectivity index (χ0n) is 8.77. The van der Waals surface area contributed by atoms with Crippen molar-refractivity contribution in [1.29, 1.82) is 0 Å². The summed E-state index contributed by atoms with van der Waals surface area (Å²) in [7, 11) is -0.279. The smallest absolute Gasteiger partial charge is 0.253 e. The first-order valence-corrected chi connectivity index (χ1v) is 5.93. The predicted octanol–water partition coefficient (Wildman–Crippen LogP) is -0.0998. The quantitative estimate of drug-likeness (QED) is 0.707. The van der Waals surface area contributed by atoms with E-state index < -0.39 is 10.0 Å². The number of hydrazine groups is 1. The Morgan fingerprint density at radius 2 is 1.93 bits per heavy atom. The van der Waals surface area contributed by atoms with Crippen molar-refractivity contribution in [3.05, 3.63) is 29.8 Å². The van der Waals surface area contributed by atoms with E-state index in [4.69, 9.17) is 5.73 Å². The molecule has 1 aromatic rings. The highest BCUT2D eigenvalue weighted by molar-refractivity contribution is 7.89. The van der Waals surface area contributed by atoms with Gasteiger partial charge in [-0.3, -0.25) is 0 Å². The first-order valence-electron chi connectivity index (χ1n) is 4.45. The van der Waals surface area contributed by atoms with Gasteiger partial charge in [-0.15, -0.1) is 4.83 Å². The predicted molar refractivity (Wildman–Crippen MR) is 58.3 cm³/mol. The third-order valence-corrected chi connectivity index (χ3v) is 3.37. The lowest BCUT2D eigenvalue weighted by Crippen LogP contribution is -2.36. The summed E-state index contributed by atoms with van der Waals surface area (Å²) in [6.45, 7) is 0.199. The summed E-state index contributed by atoms with van der Waals surface area (Å²) >= 11 is 0. The highest BCUT2D eigenvalue weighted by Crippen LogP contribution is 2.14. The Kier molecular flexibility index (Phi) is 3.81. The maximum atomic E-state index is 11.8. The molecule has 84 valence electrons. The second-order valence-corrected chi connectivity index (χ2v) is 4.93. The van der Waals surface area contributed by atoms with Gasteiger partial charge in [0.2, 0.25) is 0 Å². The Hall–Kier alpha value is -0.950. The lowest BCUT2D eigenvalue weighted by molar-refractivity contribution is 0.364. The molecular weight excluding hydrogens is 214 g/mol. The van der Waals surface area contributed by atoms with E-state index in [0.717, 1.165) is 0 Å². The topological polar surface area (TPSA) is 75.4 Å². The van der Waals surface area contributed by atoms with Crippen LogP contribution < -0.4 is 10.6 Å². The van der Waals surface area contributed by atoms with Crippen molar-refractivity contribution in [2.75, 3.05) is 14.1 Å². The van der Waals surface area contributed by atoms with Gasteiger partial charge in [0.15, 0.2) is 0 Å². The van der Waals surface area contributed by atoms with Crippen LogP contribution in [0.3, 0.4) is 0 Å². The fraction of sp³-hybridized carbons (Fsp3) is 0.333. The molecule has 1 aromatic carbocycles. The summed E-state index contributed by atoms with van der Waals surface area (Å²) in [6.07, 6.45) is 0. The molecule has 0 saturated heterocycles. The second-order valence-electron chi connectivity index (χ2n) is 3.30. The third-order valence-electron chi connectivity index (χ3n) is 1.78. The molecule has 0 spiro atoms. The molecule has 0 saturated carbocycles. The molecule has 5 nitrogen and oxygen atoms in total. The van der Waals surface area contributed by atoms with Crippen molar-refractivity contribution in [2.24, 2.45) is 5.73 Å². The van der Waals surface area contributed by atoms with Crippen LogP contribution >= 0.6 is 0 Å². The fourth-order valence-corrected chi connectivity index (χ4v) is 2.56. The van der Waals surface area contributed by atoms with Crippen molar-refractivity contribution in [3.8, 4) is 0 Å². The summed E-state index contributed by atoms with van der Waals surface area (Å²) < 4.78 is 23.6. The van der Waals surface area contributed by atoms with Gasteiger partial charge < -0.3 is 5.73 Å². The first-order chi connectivity index (χ1) is 6.97. The average Bonchev–Trinajstić information content (AvgIpc) is 2.16. The molecule has 0 amide bonds. The minimum absolute atomic E-state index is 0.199. The van der Waals surface area contributed by atoms with Crippen LogP contribution in [0.15, 0.2) is 29.2 Å². The number of nitrogens with one attached hydrogen (secondary N) is 1. The van der Waals surface area contributed by atoms with Crippen molar-refractivity contribution in [1.82, 2.24) is 9.84 Å². The van der Waals surface area contributed by atoms with E-state index in [-0.39, 0.29) is 11.4 Å². The average molecular weight is 229 g/mol. The Balaban J connectivity index is 3.15. The zero-order chi connectivity index (χ0) is 11.5. The number of nitrogens with zero attached hydrogens (tertiary/aromatic N) is 1. The summed E-state index contributed by atoms with van der Waals surface area (Å²) in [4.78, 5) is 2.58. The van der Waals surface area contributed by atoms with Crippen LogP contribution in [0.1, 0.15) is 5.56 Å². The molecule has 15 heavy (non-hydrogen) atoms. The van der Waals surface area contributed by atoms with Gasteiger partial charge >= 0.3 is 0 Å². The number of rotatable bonds is 4. The van der Waals surface area contributed by atoms with Crippen LogP contribution in [0.4, 0.5) is 0 Å². The van der Waals surface area contributed by atoms with E-state index in [0.29, 0.717) is 5.56 Å². The first kappa shape index (κ1) is 12.1. The van der Waals surface area contributed by atoms with E-state index in [1.165, 1.54) is 11.1 Å². The van der Waals surface area contributed by atoms with Gasteiger partial charge in [-0.25, -0.2) is 13.4 Å². The molecule has 0 fully saturated rings. The van der Waals surface area contributed by atoms with Crippen LogP contribution in [0.5, 0.6) is 0 Å². The largest absolute Gasteiger partial charge is 0.326 e. The number of hydrogen-bond acceptors (Lipinski definition) is 4. The third kappa shape index (κ3) is 3.00. The Labute approximate surface area is 89.9 Å². The number of hydrogen-bond donors (Lipinski definition) is 2. The van der Waals surface area contributed by atoms with Crippen molar-refractivity contribution in [2.45, 2.75) is 11.4 Å². The van der Waals surface area contributed by atoms with E-state index >= 15 is 0 Å². The van der Waals surface area contributed by atoms with Gasteiger partial charge in [-0.2, -0.15) is 0 Å². The number of sulfonamides is 1. The van der Waals surface area contributed by atoms with E-state index in [1.54, 1.807) is 32.3 Å². The molecule has 0 radical (unpaired) electrons. The zero-order valence-corrected chi connectivity index (χ0v) is 9.58. The molecule has 0 aliphatic carbocycles. The van der Waals surface area contributed by atoms with Gasteiger partial charge in [-0.05, 0) is 11.6 Å². The van der Waals surface area contributed by atoms with E-state index in [1.807, 2.05) is 0 Å². The fourth-order valence-electron chi connectivity index (χ4n) is 1.22. The standard InChI is InChI=1S/C9H15N3O2S/c1-12(2)11-15(13,14)9-6-4-3-5-8(9)7-10/h3-6,11H,7,10H2,1-2H3. The maximum Gasteiger partial charge on any atom is 0.253 e. The SMILES string of the molecule is CN(C)NS(=O)(=O)c1ccccc1CN. The van der Waals surface area contributed by atoms with Gasteiger partial charge in [0, 0.05) is 20.6 Å². The molecule has 0 aliphatic heterocycles. The van der Waals surface area contributed by atoms with Crippen molar-refractivity contribution >= 4 is 10.0 Å². The van der Waals surface area contributed by atoms with Gasteiger partial charge in [0.25, 0.3) is 10.0 Å². The van der Waals surface area contributed by atoms with Crippen molar-refractivity contribution in [3.63, 3.8) is 0 Å². The van der Waals surface area contributed by atoms with Crippen LogP contribution in [0, 0.1) is 0 Å². The molecule has 0 heterocycles. The number of benzene rings is 1. The van der Waals surface area contributed by atoms with Crippen LogP contribution in [0.25, 0.3) is 0 Å². The van der Waals surface area contributed by atoms with Crippen LogP contribution in [-0.2, 0) is 16.6 Å². The summed E-state index contributed by atoms with van der Waals surface area (Å²) in [5, 5.41) is 1.38. The maximum absolute atomic E-state index is 11.8. The Bertz CT molecular complexity index is 429. The summed E-state index contributed by atoms with van der Waals surface area (Å²) in [6, 6.07) is 6.67. The lowest BCUT2D eigenvalue weighted by atomic mass is 10.2. The van der Waals surface area contributed by atoms with Crippen LogP contribution in [0.2, 0.25) is 0 Å². The summed E-state index contributed by atoms with van der Waals surface area (Å²) in [5.41, 5.74) is 6.08. The Morgan fingerprint density at radius 1 is 1.33 bits per heavy atom. The molecular formula is C9H15N3O2S. The molecule has 0 atom stereocenters. The highest BCUT2D eigenvalue weighted by Gasteiger charge is 2.17. The summed E-state index contributed by atoms with van der Waals surface area (Å²) in [5.74, 6) is 0. The van der Waals surface area contributed by atoms with E-state index in [9.17, 15) is 8.42 Å². The molecule has 0 bridgehead atoms. The highest BCUT2D eigenvalue weighted by atomic mass is 32.2. The second kappa shape index (κ2) is 4.71. The monoisotopic (exact) mass is 229 g/mol. The minimum atomic E-state index is -3.51. The molecule has 1 rings (SSSR count). The Morgan fingerprint density at radius 3 is 2.47 bits per heavy atom. The van der Waals surface area contributed by atoms with Gasteiger partial charge in [0.05, 0.1) is 4.90 Å². The molecule has 0 aromatic heterocycles. The molecule has 6 heteroatoms. The van der Waals surface area contributed by atoms with Gasteiger partial charge in [0.1, 0.15) is 0 Å². The molecule has 0 aliphatic rings. The lowest BCUT2D eigenvalue weighted by Gasteiger charge is -2.14. The van der Waals surface area contributed by atoms with Crippen LogP contribution in [-0.4, -0.2) is 27.5 Å². The number of nitrogens with two attached hydrogens (primary N) is 1. The normalized spacial score (nSPS) is 12.0. The van der Waals surface area contributed by atoms with E-state index in [2.05, 4.69) is 4.83 Å². The molecule has 0 unspecified atom stereocenters.